The van der Waals surface area contributed by atoms with Crippen LogP contribution < -0.4 is 5.73 Å². The Labute approximate surface area is 160 Å². The number of aryl methyl sites for hydroxylation is 1. The van der Waals surface area contributed by atoms with Crippen molar-refractivity contribution >= 4 is 16.8 Å². The maximum Gasteiger partial charge on any atom is 0.219 e. The number of carbonyl (C=O) groups is 1. The van der Waals surface area contributed by atoms with E-state index in [-0.39, 0.29) is 11.9 Å². The molecule has 0 aliphatic carbocycles. The van der Waals surface area contributed by atoms with Gasteiger partial charge in [0, 0.05) is 48.6 Å². The van der Waals surface area contributed by atoms with E-state index in [0.29, 0.717) is 6.42 Å². The Balaban J connectivity index is 1.87. The predicted octanol–water partition coefficient (Wildman–Crippen LogP) is 3.60. The molecule has 1 aliphatic heterocycles. The third kappa shape index (κ3) is 3.50. The van der Waals surface area contributed by atoms with Crippen molar-refractivity contribution in [3.63, 3.8) is 0 Å². The number of amides is 1. The molecule has 4 nitrogen and oxygen atoms in total. The summed E-state index contributed by atoms with van der Waals surface area (Å²) >= 11 is 0. The van der Waals surface area contributed by atoms with Crippen molar-refractivity contribution in [3.05, 3.63) is 70.9 Å². The second kappa shape index (κ2) is 7.20. The van der Waals surface area contributed by atoms with Crippen molar-refractivity contribution in [2.75, 3.05) is 13.6 Å². The molecule has 0 fully saturated rings. The van der Waals surface area contributed by atoms with Crippen LogP contribution in [0.3, 0.4) is 0 Å². The van der Waals surface area contributed by atoms with Crippen LogP contribution in [0.2, 0.25) is 0 Å². The van der Waals surface area contributed by atoms with Gasteiger partial charge in [-0.3, -0.25) is 4.79 Å². The Bertz CT molecular complexity index is 974. The maximum absolute atomic E-state index is 11.9. The number of primary amides is 1. The summed E-state index contributed by atoms with van der Waals surface area (Å²) in [6, 6.07) is 17.1. The molecule has 0 saturated carbocycles. The van der Waals surface area contributed by atoms with Crippen LogP contribution in [0.1, 0.15) is 34.8 Å². The van der Waals surface area contributed by atoms with Gasteiger partial charge in [-0.2, -0.15) is 0 Å². The molecule has 0 saturated heterocycles. The lowest BCUT2D eigenvalue weighted by molar-refractivity contribution is -0.118. The molecule has 140 valence electrons. The largest absolute Gasteiger partial charge is 0.370 e. The van der Waals surface area contributed by atoms with Crippen molar-refractivity contribution in [2.24, 2.45) is 5.73 Å². The van der Waals surface area contributed by atoms with Gasteiger partial charge in [-0.15, -0.1) is 0 Å². The smallest absolute Gasteiger partial charge is 0.219 e. The molecule has 1 amide bonds. The number of nitrogens with two attached hydrogens (primary N) is 1. The highest BCUT2D eigenvalue weighted by atomic mass is 16.1. The van der Waals surface area contributed by atoms with Gasteiger partial charge in [-0.1, -0.05) is 42.0 Å². The number of rotatable bonds is 5. The second-order valence-corrected chi connectivity index (χ2v) is 7.82. The number of aromatic nitrogens is 1. The minimum Gasteiger partial charge on any atom is -0.370 e. The van der Waals surface area contributed by atoms with Crippen LogP contribution >= 0.6 is 0 Å². The van der Waals surface area contributed by atoms with Crippen molar-refractivity contribution < 1.29 is 4.79 Å². The number of carbonyl (C=O) groups excluding carboxylic acids is 1. The van der Waals surface area contributed by atoms with E-state index in [9.17, 15) is 4.79 Å². The van der Waals surface area contributed by atoms with Gasteiger partial charge in [0.15, 0.2) is 0 Å². The summed E-state index contributed by atoms with van der Waals surface area (Å²) in [4.78, 5) is 14.3. The monoisotopic (exact) mass is 361 g/mol. The van der Waals surface area contributed by atoms with Crippen molar-refractivity contribution in [3.8, 4) is 0 Å². The fourth-order valence-corrected chi connectivity index (χ4v) is 4.43. The van der Waals surface area contributed by atoms with Gasteiger partial charge in [0.25, 0.3) is 0 Å². The summed E-state index contributed by atoms with van der Waals surface area (Å²) in [7, 11) is 2.17. The first-order valence-electron chi connectivity index (χ1n) is 9.66. The number of benzene rings is 2. The average Bonchev–Trinajstić information content (AvgIpc) is 2.94. The minimum atomic E-state index is -0.244. The van der Waals surface area contributed by atoms with Crippen LogP contribution in [-0.2, 0) is 24.2 Å². The number of hydrogen-bond acceptors (Lipinski definition) is 2. The van der Waals surface area contributed by atoms with Crippen LogP contribution in [0.4, 0.5) is 0 Å². The Morgan fingerprint density at radius 3 is 2.70 bits per heavy atom. The molecule has 3 aromatic rings. The second-order valence-electron chi connectivity index (χ2n) is 7.82. The fraction of sp³-hybridized carbons (Fsp3) is 0.348. The zero-order valence-electron chi connectivity index (χ0n) is 16.1. The molecular formula is C23H27N3O. The van der Waals surface area contributed by atoms with Gasteiger partial charge in [-0.25, -0.2) is 0 Å². The summed E-state index contributed by atoms with van der Waals surface area (Å²) in [5.74, 6) is -0.244. The summed E-state index contributed by atoms with van der Waals surface area (Å²) < 4.78 is 2.41. The van der Waals surface area contributed by atoms with E-state index in [1.807, 2.05) is 6.07 Å². The summed E-state index contributed by atoms with van der Waals surface area (Å²) in [5, 5.41) is 1.32. The number of likely N-dealkylation sites (N-methyl/N-ethyl adjacent to an activating group) is 1. The first-order valence-corrected chi connectivity index (χ1v) is 9.66. The molecule has 4 rings (SSSR count). The first-order chi connectivity index (χ1) is 13.0. The number of hydrogen-bond donors (Lipinski definition) is 1. The van der Waals surface area contributed by atoms with Crippen molar-refractivity contribution in [2.45, 2.75) is 38.8 Å². The highest BCUT2D eigenvalue weighted by Crippen LogP contribution is 2.35. The molecule has 2 N–H and O–H groups in total. The average molecular weight is 361 g/mol. The minimum absolute atomic E-state index is 0.0438. The van der Waals surface area contributed by atoms with Gasteiger partial charge < -0.3 is 15.2 Å². The fourth-order valence-electron chi connectivity index (χ4n) is 4.43. The molecule has 4 heteroatoms. The van der Waals surface area contributed by atoms with Crippen LogP contribution in [0, 0.1) is 6.92 Å². The van der Waals surface area contributed by atoms with Gasteiger partial charge >= 0.3 is 0 Å². The Hall–Kier alpha value is -2.59. The highest BCUT2D eigenvalue weighted by Gasteiger charge is 2.27. The normalized spacial score (nSPS) is 15.6. The molecule has 0 bridgehead atoms. The zero-order valence-corrected chi connectivity index (χ0v) is 16.1. The van der Waals surface area contributed by atoms with Crippen LogP contribution in [0.25, 0.3) is 10.9 Å². The van der Waals surface area contributed by atoms with E-state index in [2.05, 4.69) is 65.9 Å². The van der Waals surface area contributed by atoms with Gasteiger partial charge in [0.05, 0.1) is 0 Å². The van der Waals surface area contributed by atoms with E-state index in [1.54, 1.807) is 0 Å². The quantitative estimate of drug-likeness (QED) is 0.755. The Morgan fingerprint density at radius 1 is 1.19 bits per heavy atom. The third-order valence-corrected chi connectivity index (χ3v) is 5.65. The van der Waals surface area contributed by atoms with Crippen LogP contribution in [0.5, 0.6) is 0 Å². The van der Waals surface area contributed by atoms with E-state index in [4.69, 9.17) is 5.73 Å². The molecule has 0 spiro atoms. The number of nitrogens with zero attached hydrogens (tertiary/aromatic N) is 2. The standard InChI is InChI=1S/C23H27N3O/c1-16-8-9-21-19(12-16)20-15-25(2)11-10-22(20)26(21)18(14-23(24)27)13-17-6-4-3-5-7-17/h3-9,12,18H,10-11,13-15H2,1-2H3,(H2,24,27). The molecule has 1 aromatic heterocycles. The molecule has 0 radical (unpaired) electrons. The topological polar surface area (TPSA) is 51.3 Å². The first kappa shape index (κ1) is 17.8. The van der Waals surface area contributed by atoms with E-state index < -0.39 is 0 Å². The molecule has 27 heavy (non-hydrogen) atoms. The lowest BCUT2D eigenvalue weighted by Gasteiger charge is -2.27. The molecule has 1 unspecified atom stereocenters. The molecule has 1 atom stereocenters. The van der Waals surface area contributed by atoms with E-state index >= 15 is 0 Å². The lowest BCUT2D eigenvalue weighted by Crippen LogP contribution is -2.29. The lowest BCUT2D eigenvalue weighted by atomic mass is 10.0. The van der Waals surface area contributed by atoms with E-state index in [1.165, 1.54) is 33.3 Å². The molecule has 1 aliphatic rings. The van der Waals surface area contributed by atoms with Gasteiger partial charge in [0.1, 0.15) is 0 Å². The zero-order chi connectivity index (χ0) is 19.0. The van der Waals surface area contributed by atoms with Crippen LogP contribution in [-0.4, -0.2) is 29.0 Å². The summed E-state index contributed by atoms with van der Waals surface area (Å²) in [6.07, 6.45) is 2.17. The summed E-state index contributed by atoms with van der Waals surface area (Å²) in [5.41, 5.74) is 12.2. The van der Waals surface area contributed by atoms with Gasteiger partial charge in [-0.05, 0) is 43.7 Å². The predicted molar refractivity (Wildman–Crippen MR) is 110 cm³/mol. The Morgan fingerprint density at radius 2 is 1.96 bits per heavy atom. The summed E-state index contributed by atoms with van der Waals surface area (Å²) in [6.45, 7) is 4.13. The molecule has 2 heterocycles. The Kier molecular flexibility index (Phi) is 4.75. The molecular weight excluding hydrogens is 334 g/mol. The highest BCUT2D eigenvalue weighted by molar-refractivity contribution is 5.87. The van der Waals surface area contributed by atoms with Crippen molar-refractivity contribution in [1.29, 1.82) is 0 Å². The van der Waals surface area contributed by atoms with E-state index in [0.717, 1.165) is 25.9 Å². The number of fused-ring (bicyclic) bond motifs is 3. The molecule has 2 aromatic carbocycles. The third-order valence-electron chi connectivity index (χ3n) is 5.65. The van der Waals surface area contributed by atoms with Gasteiger partial charge in [0.2, 0.25) is 5.91 Å². The SMILES string of the molecule is Cc1ccc2c(c1)c1c(n2C(CC(N)=O)Cc2ccccc2)CCN(C)C1. The van der Waals surface area contributed by atoms with Crippen molar-refractivity contribution in [1.82, 2.24) is 9.47 Å². The maximum atomic E-state index is 11.9. The van der Waals surface area contributed by atoms with Crippen LogP contribution in [0.15, 0.2) is 48.5 Å².